The summed E-state index contributed by atoms with van der Waals surface area (Å²) in [6.07, 6.45) is 4.70. The molecule has 0 spiro atoms. The van der Waals surface area contributed by atoms with Gasteiger partial charge in [0.05, 0.1) is 6.10 Å². The third kappa shape index (κ3) is 2.47. The predicted molar refractivity (Wildman–Crippen MR) is 74.6 cm³/mol. The first kappa shape index (κ1) is 12.2. The molecule has 2 aliphatic carbocycles. The maximum atomic E-state index is 10.3. The van der Waals surface area contributed by atoms with Gasteiger partial charge in [0.15, 0.2) is 0 Å². The van der Waals surface area contributed by atoms with Gasteiger partial charge in [-0.25, -0.2) is 0 Å². The molecule has 0 radical (unpaired) electrons. The zero-order valence-corrected chi connectivity index (χ0v) is 11.5. The summed E-state index contributed by atoms with van der Waals surface area (Å²) >= 11 is 0. The van der Waals surface area contributed by atoms with Crippen molar-refractivity contribution < 1.29 is 5.11 Å². The monoisotopic (exact) mass is 244 g/mol. The van der Waals surface area contributed by atoms with Crippen LogP contribution in [-0.2, 0) is 6.42 Å². The van der Waals surface area contributed by atoms with Crippen molar-refractivity contribution in [1.82, 2.24) is 0 Å². The van der Waals surface area contributed by atoms with Gasteiger partial charge in [-0.05, 0) is 60.5 Å². The maximum absolute atomic E-state index is 10.3. The van der Waals surface area contributed by atoms with Crippen LogP contribution in [0, 0.1) is 17.8 Å². The fraction of sp³-hybridized carbons (Fsp3) is 0.647. The second-order valence-electron chi connectivity index (χ2n) is 6.66. The van der Waals surface area contributed by atoms with Crippen LogP contribution in [0.3, 0.4) is 0 Å². The summed E-state index contributed by atoms with van der Waals surface area (Å²) in [6.45, 7) is 4.43. The third-order valence-electron chi connectivity index (χ3n) is 4.92. The van der Waals surface area contributed by atoms with E-state index < -0.39 is 0 Å². The smallest absolute Gasteiger partial charge is 0.0608 e. The van der Waals surface area contributed by atoms with E-state index in [-0.39, 0.29) is 6.10 Å². The van der Waals surface area contributed by atoms with E-state index in [2.05, 4.69) is 38.1 Å². The Morgan fingerprint density at radius 3 is 2.22 bits per heavy atom. The number of benzene rings is 1. The van der Waals surface area contributed by atoms with Crippen LogP contribution in [0.5, 0.6) is 0 Å². The molecule has 2 saturated carbocycles. The molecule has 98 valence electrons. The molecular weight excluding hydrogens is 220 g/mol. The van der Waals surface area contributed by atoms with Crippen molar-refractivity contribution in [3.8, 4) is 0 Å². The van der Waals surface area contributed by atoms with Crippen LogP contribution in [0.1, 0.15) is 50.2 Å². The lowest BCUT2D eigenvalue weighted by atomic mass is 9.91. The first-order valence-electron chi connectivity index (χ1n) is 7.40. The lowest BCUT2D eigenvalue weighted by molar-refractivity contribution is 0.104. The molecule has 0 heterocycles. The van der Waals surface area contributed by atoms with Gasteiger partial charge in [-0.15, -0.1) is 0 Å². The lowest BCUT2D eigenvalue weighted by Gasteiger charge is -2.19. The van der Waals surface area contributed by atoms with Gasteiger partial charge >= 0.3 is 0 Å². The van der Waals surface area contributed by atoms with Crippen molar-refractivity contribution in [3.05, 3.63) is 35.4 Å². The third-order valence-corrected chi connectivity index (χ3v) is 4.92. The van der Waals surface area contributed by atoms with E-state index in [9.17, 15) is 5.11 Å². The molecule has 0 aromatic heterocycles. The fourth-order valence-electron chi connectivity index (χ4n) is 3.52. The van der Waals surface area contributed by atoms with Gasteiger partial charge in [0.25, 0.3) is 0 Å². The molecule has 1 aromatic carbocycles. The number of rotatable bonds is 4. The molecule has 2 fully saturated rings. The highest BCUT2D eigenvalue weighted by Crippen LogP contribution is 2.55. The first-order valence-corrected chi connectivity index (χ1v) is 7.40. The molecule has 3 atom stereocenters. The predicted octanol–water partition coefficient (Wildman–Crippen LogP) is 3.76. The highest BCUT2D eigenvalue weighted by atomic mass is 16.3. The van der Waals surface area contributed by atoms with Gasteiger partial charge < -0.3 is 5.11 Å². The van der Waals surface area contributed by atoms with Gasteiger partial charge in [0, 0.05) is 0 Å². The molecule has 1 N–H and O–H groups in total. The Labute approximate surface area is 110 Å². The van der Waals surface area contributed by atoms with Crippen molar-refractivity contribution in [1.29, 1.82) is 0 Å². The van der Waals surface area contributed by atoms with E-state index in [0.717, 1.165) is 18.3 Å². The minimum atomic E-state index is -0.123. The van der Waals surface area contributed by atoms with Crippen LogP contribution in [0.15, 0.2) is 24.3 Å². The van der Waals surface area contributed by atoms with Gasteiger partial charge in [-0.2, -0.15) is 0 Å². The quantitative estimate of drug-likeness (QED) is 0.855. The Balaban J connectivity index is 1.58. The van der Waals surface area contributed by atoms with Crippen LogP contribution in [0.25, 0.3) is 0 Å². The molecule has 0 amide bonds. The average Bonchev–Trinajstić information content (AvgIpc) is 2.96. The summed E-state index contributed by atoms with van der Waals surface area (Å²) < 4.78 is 0. The summed E-state index contributed by atoms with van der Waals surface area (Å²) in [5.74, 6) is 3.09. The van der Waals surface area contributed by atoms with E-state index in [1.165, 1.54) is 30.4 Å². The largest absolute Gasteiger partial charge is 0.392 e. The molecule has 0 aliphatic heterocycles. The van der Waals surface area contributed by atoms with Crippen LogP contribution in [0.2, 0.25) is 0 Å². The van der Waals surface area contributed by atoms with Crippen LogP contribution in [0.4, 0.5) is 0 Å². The molecule has 3 rings (SSSR count). The number of aliphatic hydroxyl groups excluding tert-OH is 1. The molecule has 3 unspecified atom stereocenters. The number of hydrogen-bond acceptors (Lipinski definition) is 1. The Kier molecular flexibility index (Phi) is 3.19. The molecular formula is C17H24O. The van der Waals surface area contributed by atoms with Crippen molar-refractivity contribution in [2.24, 2.45) is 17.8 Å². The van der Waals surface area contributed by atoms with E-state index >= 15 is 0 Å². The van der Waals surface area contributed by atoms with Crippen LogP contribution < -0.4 is 0 Å². The van der Waals surface area contributed by atoms with Gasteiger partial charge in [-0.3, -0.25) is 0 Å². The Hall–Kier alpha value is -0.820. The second-order valence-corrected chi connectivity index (χ2v) is 6.66. The van der Waals surface area contributed by atoms with Gasteiger partial charge in [0.1, 0.15) is 0 Å². The summed E-state index contributed by atoms with van der Waals surface area (Å²) in [6, 6.07) is 8.79. The van der Waals surface area contributed by atoms with Crippen LogP contribution in [-0.4, -0.2) is 11.2 Å². The topological polar surface area (TPSA) is 20.2 Å². The SMILES string of the molecule is CC(C)c1ccc(CC(O)C2CC3CC3C2)cc1. The number of hydrogen-bond donors (Lipinski definition) is 1. The van der Waals surface area contributed by atoms with E-state index in [0.29, 0.717) is 11.8 Å². The second kappa shape index (κ2) is 4.70. The lowest BCUT2D eigenvalue weighted by Crippen LogP contribution is -2.21. The Morgan fingerprint density at radius 2 is 1.67 bits per heavy atom. The Bertz CT molecular complexity index is 396. The van der Waals surface area contributed by atoms with Crippen molar-refractivity contribution in [2.45, 2.75) is 51.6 Å². The summed E-state index contributed by atoms with van der Waals surface area (Å²) in [5.41, 5.74) is 2.67. The summed E-state index contributed by atoms with van der Waals surface area (Å²) in [7, 11) is 0. The minimum absolute atomic E-state index is 0.123. The van der Waals surface area contributed by atoms with Gasteiger partial charge in [0.2, 0.25) is 0 Å². The van der Waals surface area contributed by atoms with E-state index in [1.54, 1.807) is 0 Å². The average molecular weight is 244 g/mol. The molecule has 1 nitrogen and oxygen atoms in total. The van der Waals surface area contributed by atoms with Crippen molar-refractivity contribution >= 4 is 0 Å². The minimum Gasteiger partial charge on any atom is -0.392 e. The molecule has 2 aliphatic rings. The zero-order chi connectivity index (χ0) is 12.7. The van der Waals surface area contributed by atoms with Crippen molar-refractivity contribution in [2.75, 3.05) is 0 Å². The summed E-state index contributed by atoms with van der Waals surface area (Å²) in [5, 5.41) is 10.3. The van der Waals surface area contributed by atoms with E-state index in [4.69, 9.17) is 0 Å². The van der Waals surface area contributed by atoms with Gasteiger partial charge in [-0.1, -0.05) is 38.1 Å². The molecule has 0 saturated heterocycles. The highest BCUT2D eigenvalue weighted by Gasteiger charge is 2.47. The number of aliphatic hydroxyl groups is 1. The highest BCUT2D eigenvalue weighted by molar-refractivity contribution is 5.25. The Morgan fingerprint density at radius 1 is 1.06 bits per heavy atom. The fourth-order valence-corrected chi connectivity index (χ4v) is 3.52. The molecule has 18 heavy (non-hydrogen) atoms. The summed E-state index contributed by atoms with van der Waals surface area (Å²) in [4.78, 5) is 0. The maximum Gasteiger partial charge on any atom is 0.0608 e. The molecule has 0 bridgehead atoms. The number of fused-ring (bicyclic) bond motifs is 1. The van der Waals surface area contributed by atoms with Crippen LogP contribution >= 0.6 is 0 Å². The molecule has 1 aromatic rings. The zero-order valence-electron chi connectivity index (χ0n) is 11.5. The van der Waals surface area contributed by atoms with Crippen molar-refractivity contribution in [3.63, 3.8) is 0 Å². The molecule has 1 heteroatoms. The standard InChI is InChI=1S/C17H24O/c1-11(2)13-5-3-12(4-6-13)7-17(18)16-9-14-8-15(14)10-16/h3-6,11,14-18H,7-10H2,1-2H3. The van der Waals surface area contributed by atoms with E-state index in [1.807, 2.05) is 0 Å². The first-order chi connectivity index (χ1) is 8.63. The normalized spacial score (nSPS) is 31.4.